The Kier molecular flexibility index (Phi) is 7.05. The van der Waals surface area contributed by atoms with Gasteiger partial charge < -0.3 is 14.3 Å². The van der Waals surface area contributed by atoms with Crippen molar-refractivity contribution in [2.75, 3.05) is 12.1 Å². The number of hydrogen-bond acceptors (Lipinski definition) is 6. The summed E-state index contributed by atoms with van der Waals surface area (Å²) in [5.41, 5.74) is 3.51. The monoisotopic (exact) mass is 520 g/mol. The number of anilines is 1. The molecule has 2 aromatic carbocycles. The maximum absolute atomic E-state index is 13.4. The maximum Gasteiger partial charge on any atom is 0.335 e. The summed E-state index contributed by atoms with van der Waals surface area (Å²) in [6, 6.07) is 19.5. The third-order valence-corrected chi connectivity index (χ3v) is 5.96. The molecule has 5 rings (SSSR count). The third kappa shape index (κ3) is 5.47. The van der Waals surface area contributed by atoms with E-state index in [2.05, 4.69) is 16.8 Å². The lowest BCUT2D eigenvalue weighted by molar-refractivity contribution is -0.114. The van der Waals surface area contributed by atoms with Crippen LogP contribution in [0, 0.1) is 0 Å². The Labute approximate surface area is 224 Å². The Hall–Kier alpha value is -5.44. The van der Waals surface area contributed by atoms with Crippen LogP contribution in [0.15, 0.2) is 119 Å². The van der Waals surface area contributed by atoms with E-state index in [1.807, 2.05) is 47.3 Å². The van der Waals surface area contributed by atoms with Gasteiger partial charge in [-0.15, -0.1) is 0 Å². The zero-order valence-corrected chi connectivity index (χ0v) is 21.0. The normalized spacial score (nSPS) is 14.3. The topological polar surface area (TPSA) is 110 Å². The lowest BCUT2D eigenvalue weighted by Crippen LogP contribution is -2.21. The number of nitrogens with zero attached hydrogens (tertiary/aromatic N) is 4. The summed E-state index contributed by atoms with van der Waals surface area (Å²) < 4.78 is 12.9. The zero-order chi connectivity index (χ0) is 27.4. The molecule has 9 heteroatoms. The molecular weight excluding hydrogens is 496 g/mol. The van der Waals surface area contributed by atoms with Gasteiger partial charge in [-0.25, -0.2) is 4.79 Å². The van der Waals surface area contributed by atoms with Crippen molar-refractivity contribution in [3.05, 3.63) is 126 Å². The van der Waals surface area contributed by atoms with Crippen molar-refractivity contribution in [1.82, 2.24) is 9.78 Å². The fourth-order valence-corrected chi connectivity index (χ4v) is 4.01. The molecule has 0 unspecified atom stereocenters. The van der Waals surface area contributed by atoms with Gasteiger partial charge >= 0.3 is 5.97 Å². The molecule has 0 bridgehead atoms. The highest BCUT2D eigenvalue weighted by atomic mass is 16.5. The molecule has 1 aliphatic rings. The van der Waals surface area contributed by atoms with E-state index in [1.54, 1.807) is 24.4 Å². The van der Waals surface area contributed by atoms with E-state index in [-0.39, 0.29) is 11.1 Å². The second kappa shape index (κ2) is 10.9. The van der Waals surface area contributed by atoms with E-state index in [9.17, 15) is 14.7 Å². The number of methoxy groups -OCH3 is 1. The summed E-state index contributed by atoms with van der Waals surface area (Å²) >= 11 is 0. The number of ether oxygens (including phenoxy) is 1. The molecule has 194 valence electrons. The quantitative estimate of drug-likeness (QED) is 0.180. The number of aromatic carboxylic acids is 1. The fourth-order valence-electron chi connectivity index (χ4n) is 4.01. The van der Waals surface area contributed by atoms with E-state index in [0.29, 0.717) is 35.0 Å². The van der Waals surface area contributed by atoms with Crippen LogP contribution in [-0.4, -0.2) is 39.6 Å². The number of carbonyl (C=O) groups excluding carboxylic acids is 1. The van der Waals surface area contributed by atoms with Crippen LogP contribution >= 0.6 is 0 Å². The molecule has 0 spiro atoms. The molecule has 0 saturated heterocycles. The minimum atomic E-state index is -1.06. The van der Waals surface area contributed by atoms with Crippen LogP contribution in [0.5, 0.6) is 0 Å². The summed E-state index contributed by atoms with van der Waals surface area (Å²) in [5.74, 6) is -0.419. The molecular formula is C30H24N4O5. The number of benzene rings is 2. The van der Waals surface area contributed by atoms with Gasteiger partial charge in [0, 0.05) is 6.20 Å². The van der Waals surface area contributed by atoms with Crippen molar-refractivity contribution in [3.63, 3.8) is 0 Å². The van der Waals surface area contributed by atoms with Crippen molar-refractivity contribution in [2.24, 2.45) is 5.10 Å². The largest absolute Gasteiger partial charge is 0.504 e. The van der Waals surface area contributed by atoms with Gasteiger partial charge in [-0.2, -0.15) is 15.2 Å². The van der Waals surface area contributed by atoms with Gasteiger partial charge in [0.2, 0.25) is 0 Å². The Morgan fingerprint density at radius 1 is 1.10 bits per heavy atom. The number of carboxylic acid groups (broad SMARTS) is 1. The molecule has 0 saturated carbocycles. The summed E-state index contributed by atoms with van der Waals surface area (Å²) in [7, 11) is 1.50. The van der Waals surface area contributed by atoms with Crippen LogP contribution in [0.1, 0.15) is 21.7 Å². The van der Waals surface area contributed by atoms with Crippen molar-refractivity contribution in [1.29, 1.82) is 0 Å². The average Bonchev–Trinajstić information content (AvgIpc) is 3.68. The first kappa shape index (κ1) is 25.2. The van der Waals surface area contributed by atoms with Crippen molar-refractivity contribution >= 4 is 29.4 Å². The second-order valence-electron chi connectivity index (χ2n) is 8.65. The van der Waals surface area contributed by atoms with Crippen LogP contribution in [0.2, 0.25) is 0 Å². The van der Waals surface area contributed by atoms with Crippen LogP contribution in [0.25, 0.3) is 17.4 Å². The summed E-state index contributed by atoms with van der Waals surface area (Å²) in [5, 5.41) is 19.3. The number of amides is 1. The predicted octanol–water partition coefficient (Wildman–Crippen LogP) is 5.39. The summed E-state index contributed by atoms with van der Waals surface area (Å²) in [6.45, 7) is 4.65. The SMILES string of the molecule is C=C(/C=C\OC)C1=NN(c2ccc(C(=O)O)cc2)C(=O)/C1=C\c1ccc(-c2cnn(Cc3ccccc3)c2)o1. The van der Waals surface area contributed by atoms with Gasteiger partial charge in [0.25, 0.3) is 5.91 Å². The standard InChI is InChI=1S/C30H24N4O5/c1-20(14-15-38-2)28-26(29(35)34(32-28)24-10-8-22(9-11-24)30(36)37)16-25-12-13-27(39-25)23-17-31-33(19-23)18-21-6-4-3-5-7-21/h3-17,19H,1,18H2,2H3,(H,36,37)/b15-14-,26-16-. The van der Waals surface area contributed by atoms with Crippen LogP contribution in [0.3, 0.4) is 0 Å². The van der Waals surface area contributed by atoms with E-state index < -0.39 is 11.9 Å². The lowest BCUT2D eigenvalue weighted by atomic mass is 10.0. The first-order chi connectivity index (χ1) is 18.9. The first-order valence-corrected chi connectivity index (χ1v) is 12.0. The molecule has 1 N–H and O–H groups in total. The Balaban J connectivity index is 1.42. The fraction of sp³-hybridized carbons (Fsp3) is 0.0667. The highest BCUT2D eigenvalue weighted by Crippen LogP contribution is 2.30. The van der Waals surface area contributed by atoms with Gasteiger partial charge in [0.05, 0.1) is 48.5 Å². The molecule has 3 heterocycles. The first-order valence-electron chi connectivity index (χ1n) is 12.0. The Morgan fingerprint density at radius 3 is 2.59 bits per heavy atom. The van der Waals surface area contributed by atoms with E-state index in [0.717, 1.165) is 11.1 Å². The number of allylic oxidation sites excluding steroid dienone is 2. The predicted molar refractivity (Wildman–Crippen MR) is 147 cm³/mol. The van der Waals surface area contributed by atoms with Gasteiger partial charge in [0.1, 0.15) is 17.2 Å². The maximum atomic E-state index is 13.4. The highest BCUT2D eigenvalue weighted by molar-refractivity contribution is 6.37. The van der Waals surface area contributed by atoms with E-state index in [1.165, 1.54) is 42.6 Å². The molecule has 2 aromatic heterocycles. The molecule has 9 nitrogen and oxygen atoms in total. The van der Waals surface area contributed by atoms with Crippen LogP contribution in [-0.2, 0) is 16.1 Å². The Bertz CT molecular complexity index is 1620. The van der Waals surface area contributed by atoms with Crippen LogP contribution in [0.4, 0.5) is 5.69 Å². The van der Waals surface area contributed by atoms with Crippen molar-refractivity contribution in [2.45, 2.75) is 6.54 Å². The number of furan rings is 1. The van der Waals surface area contributed by atoms with Crippen molar-refractivity contribution in [3.8, 4) is 11.3 Å². The third-order valence-electron chi connectivity index (χ3n) is 5.96. The Morgan fingerprint density at radius 2 is 1.87 bits per heavy atom. The second-order valence-corrected chi connectivity index (χ2v) is 8.65. The molecule has 0 fully saturated rings. The molecule has 1 amide bonds. The average molecular weight is 521 g/mol. The van der Waals surface area contributed by atoms with Crippen molar-refractivity contribution < 1.29 is 23.8 Å². The molecule has 39 heavy (non-hydrogen) atoms. The van der Waals surface area contributed by atoms with Gasteiger partial charge in [-0.1, -0.05) is 36.9 Å². The summed E-state index contributed by atoms with van der Waals surface area (Å²) in [4.78, 5) is 24.7. The van der Waals surface area contributed by atoms with Gasteiger partial charge in [-0.3, -0.25) is 9.48 Å². The molecule has 0 radical (unpaired) electrons. The molecule has 0 atom stereocenters. The van der Waals surface area contributed by atoms with Gasteiger partial charge in [0.15, 0.2) is 0 Å². The minimum Gasteiger partial charge on any atom is -0.504 e. The molecule has 1 aliphatic heterocycles. The zero-order valence-electron chi connectivity index (χ0n) is 21.0. The number of carboxylic acids is 1. The van der Waals surface area contributed by atoms with E-state index >= 15 is 0 Å². The minimum absolute atomic E-state index is 0.105. The highest BCUT2D eigenvalue weighted by Gasteiger charge is 2.32. The smallest absolute Gasteiger partial charge is 0.335 e. The molecule has 0 aliphatic carbocycles. The number of carbonyl (C=O) groups is 2. The molecule has 4 aromatic rings. The number of rotatable bonds is 9. The van der Waals surface area contributed by atoms with Gasteiger partial charge in [-0.05, 0) is 59.7 Å². The number of hydrogen-bond donors (Lipinski definition) is 1. The van der Waals surface area contributed by atoms with E-state index in [4.69, 9.17) is 9.15 Å². The van der Waals surface area contributed by atoms with Crippen LogP contribution < -0.4 is 5.01 Å². The summed E-state index contributed by atoms with van der Waals surface area (Å²) in [6.07, 6.45) is 8.28. The number of hydrazone groups is 1. The lowest BCUT2D eigenvalue weighted by Gasteiger charge is -2.11. The number of aromatic nitrogens is 2.